The minimum Gasteiger partial charge on any atom is -0.340 e. The highest BCUT2D eigenvalue weighted by Crippen LogP contribution is 2.61. The Morgan fingerprint density at radius 3 is 2.47 bits per heavy atom. The minimum absolute atomic E-state index is 0.0422. The van der Waals surface area contributed by atoms with Crippen molar-refractivity contribution in [3.05, 3.63) is 74.7 Å². The number of piperazine rings is 1. The maximum Gasteiger partial charge on any atom is 0.328 e. The second-order valence-electron chi connectivity index (χ2n) is 15.5. The zero-order valence-electron chi connectivity index (χ0n) is 29.2. The largest absolute Gasteiger partial charge is 0.340 e. The molecule has 8 rings (SSSR count). The van der Waals surface area contributed by atoms with Crippen LogP contribution in [0.4, 0.5) is 10.1 Å². The first-order valence-corrected chi connectivity index (χ1v) is 18.1. The second kappa shape index (κ2) is 13.5. The van der Waals surface area contributed by atoms with Crippen LogP contribution in [0, 0.1) is 34.9 Å². The summed E-state index contributed by atoms with van der Waals surface area (Å²) in [6.45, 7) is 14.1. The Morgan fingerprint density at radius 2 is 1.78 bits per heavy atom. The van der Waals surface area contributed by atoms with E-state index in [0.717, 1.165) is 37.7 Å². The number of aromatic amines is 1. The fourth-order valence-electron chi connectivity index (χ4n) is 8.94. The summed E-state index contributed by atoms with van der Waals surface area (Å²) in [6.07, 6.45) is 3.79. The monoisotopic (exact) mass is 671 g/mol. The van der Waals surface area contributed by atoms with Crippen LogP contribution in [-0.4, -0.2) is 82.4 Å². The van der Waals surface area contributed by atoms with Crippen LogP contribution in [0.15, 0.2) is 57.0 Å². The van der Waals surface area contributed by atoms with Crippen LogP contribution in [0.25, 0.3) is 10.9 Å². The number of aromatic nitrogens is 2. The summed E-state index contributed by atoms with van der Waals surface area (Å²) in [6, 6.07) is 11.9. The average molecular weight is 672 g/mol. The topological polar surface area (TPSA) is 115 Å². The maximum atomic E-state index is 13.5. The molecule has 5 unspecified atom stereocenters. The van der Waals surface area contributed by atoms with Crippen LogP contribution in [0.5, 0.6) is 0 Å². The number of carbonyl (C=O) groups is 1. The number of Topliss-reactive ketones (excluding diaryl/α,β-unsaturated/α-hetero) is 1. The molecule has 1 aromatic heterocycles. The summed E-state index contributed by atoms with van der Waals surface area (Å²) >= 11 is 0. The van der Waals surface area contributed by atoms with Crippen LogP contribution in [0.1, 0.15) is 63.7 Å². The van der Waals surface area contributed by atoms with Crippen molar-refractivity contribution in [1.29, 1.82) is 0 Å². The summed E-state index contributed by atoms with van der Waals surface area (Å²) in [5.74, 6) is 2.36. The van der Waals surface area contributed by atoms with Crippen molar-refractivity contribution in [2.24, 2.45) is 34.1 Å². The van der Waals surface area contributed by atoms with E-state index in [1.165, 1.54) is 23.1 Å². The molecule has 49 heavy (non-hydrogen) atoms. The molecule has 2 aliphatic heterocycles. The molecule has 262 valence electrons. The quantitative estimate of drug-likeness (QED) is 0.192. The van der Waals surface area contributed by atoms with E-state index in [2.05, 4.69) is 53.1 Å². The lowest BCUT2D eigenvalue weighted by atomic mass is 9.45. The van der Waals surface area contributed by atoms with E-state index in [-0.39, 0.29) is 35.7 Å². The van der Waals surface area contributed by atoms with Crippen molar-refractivity contribution in [1.82, 2.24) is 24.7 Å². The molecule has 3 heterocycles. The van der Waals surface area contributed by atoms with Crippen molar-refractivity contribution < 1.29 is 9.18 Å². The molecule has 3 saturated carbocycles. The molecular formula is C38H50FN7O3. The highest BCUT2D eigenvalue weighted by Gasteiger charge is 2.56. The molecule has 0 radical (unpaired) electrons. The molecular weight excluding hydrogens is 621 g/mol. The van der Waals surface area contributed by atoms with Gasteiger partial charge in [-0.3, -0.25) is 14.2 Å². The van der Waals surface area contributed by atoms with Crippen LogP contribution in [-0.2, 0) is 6.54 Å². The molecule has 5 fully saturated rings. The Kier molecular flexibility index (Phi) is 9.25. The van der Waals surface area contributed by atoms with Gasteiger partial charge in [0.1, 0.15) is 5.82 Å². The zero-order valence-corrected chi connectivity index (χ0v) is 29.2. The number of aliphatic imine (C=N–C) groups is 1. The summed E-state index contributed by atoms with van der Waals surface area (Å²) in [4.78, 5) is 52.5. The van der Waals surface area contributed by atoms with Crippen LogP contribution in [0.3, 0.4) is 0 Å². The highest BCUT2D eigenvalue weighted by molar-refractivity contribution is 5.98. The third kappa shape index (κ3) is 6.71. The number of hydrogen-bond acceptors (Lipinski definition) is 6. The summed E-state index contributed by atoms with van der Waals surface area (Å²) < 4.78 is 14.6. The molecule has 2 aromatic carbocycles. The van der Waals surface area contributed by atoms with Gasteiger partial charge in [0, 0.05) is 55.9 Å². The normalized spacial score (nSPS) is 27.6. The first-order chi connectivity index (χ1) is 23.5. The molecule has 0 amide bonds. The predicted octanol–water partition coefficient (Wildman–Crippen LogP) is 4.56. The lowest BCUT2D eigenvalue weighted by molar-refractivity contribution is -0.108. The number of benzene rings is 2. The first-order valence-electron chi connectivity index (χ1n) is 18.1. The summed E-state index contributed by atoms with van der Waals surface area (Å²) in [7, 11) is 0. The molecule has 11 heteroatoms. The Hall–Kier alpha value is -3.83. The third-order valence-electron chi connectivity index (χ3n) is 12.2. The molecule has 10 nitrogen and oxygen atoms in total. The number of anilines is 1. The van der Waals surface area contributed by atoms with Gasteiger partial charge in [-0.25, -0.2) is 14.2 Å². The van der Waals surface area contributed by atoms with Gasteiger partial charge in [-0.1, -0.05) is 20.8 Å². The van der Waals surface area contributed by atoms with Crippen LogP contribution in [0.2, 0.25) is 0 Å². The second-order valence-corrected chi connectivity index (χ2v) is 15.5. The molecule has 5 atom stereocenters. The van der Waals surface area contributed by atoms with Gasteiger partial charge in [0.2, 0.25) is 0 Å². The molecule has 0 spiro atoms. The van der Waals surface area contributed by atoms with Crippen LogP contribution < -0.4 is 21.9 Å². The Labute approximate surface area is 287 Å². The van der Waals surface area contributed by atoms with Gasteiger partial charge in [-0.15, -0.1) is 0 Å². The molecule has 2 saturated heterocycles. The van der Waals surface area contributed by atoms with Gasteiger partial charge in [-0.05, 0) is 111 Å². The Morgan fingerprint density at radius 1 is 1.02 bits per heavy atom. The molecule has 2 bridgehead atoms. The number of ketones is 1. The Bertz CT molecular complexity index is 1840. The number of guanidine groups is 1. The number of H-pyrrole nitrogens is 1. The van der Waals surface area contributed by atoms with Crippen molar-refractivity contribution >= 4 is 28.3 Å². The number of fused-ring (bicyclic) bond motifs is 3. The zero-order chi connectivity index (χ0) is 34.4. The first kappa shape index (κ1) is 33.7. The molecule has 3 aliphatic carbocycles. The standard InChI is InChI=1S/C38H50FN7O3/c1-23-22-45(16-13-40-23)36(42-32-20-27-19-31(24(32)2)38(27,3)4)41-29-9-10-30-33(21-29)43-37(49)46(35(30)48)18-17-44-14-11-26(12-15-44)34(47)25-5-7-28(39)8-6-25/h5-10,21,23-24,26-27,31-32,40H,11-20,22H2,1-4H3,(H,41,42)(H,43,49). The summed E-state index contributed by atoms with van der Waals surface area (Å²) in [5, 5.41) is 7.59. The molecule has 3 aromatic rings. The highest BCUT2D eigenvalue weighted by atomic mass is 19.1. The Balaban J connectivity index is 1.03. The van der Waals surface area contributed by atoms with Crippen molar-refractivity contribution in [3.63, 3.8) is 0 Å². The number of piperidine rings is 1. The van der Waals surface area contributed by atoms with Gasteiger partial charge in [0.25, 0.3) is 5.56 Å². The van der Waals surface area contributed by atoms with Crippen molar-refractivity contribution in [2.45, 2.75) is 72.0 Å². The number of nitrogens with one attached hydrogen (secondary N) is 3. The average Bonchev–Trinajstić information content (AvgIpc) is 3.08. The lowest BCUT2D eigenvalue weighted by Gasteiger charge is -2.61. The molecule has 3 N–H and O–H groups in total. The van der Waals surface area contributed by atoms with Gasteiger partial charge in [0.05, 0.1) is 16.9 Å². The van der Waals surface area contributed by atoms with Crippen molar-refractivity contribution in [3.8, 4) is 0 Å². The maximum absolute atomic E-state index is 13.5. The van der Waals surface area contributed by atoms with Crippen molar-refractivity contribution in [2.75, 3.05) is 44.6 Å². The minimum atomic E-state index is -0.432. The lowest BCUT2D eigenvalue weighted by Crippen LogP contribution is -2.57. The SMILES string of the molecule is CC1CN(C(=NC2CC3CC(C2C)C3(C)C)Nc2ccc3c(=O)n(CCN4CCC(C(=O)c5ccc(F)cc5)CC4)c(=O)[nH]c3c2)CCN1. The molecule has 5 aliphatic rings. The number of rotatable bonds is 7. The van der Waals surface area contributed by atoms with E-state index < -0.39 is 5.69 Å². The number of carbonyl (C=O) groups excluding carboxylic acids is 1. The smallest absolute Gasteiger partial charge is 0.328 e. The third-order valence-corrected chi connectivity index (χ3v) is 12.2. The van der Waals surface area contributed by atoms with E-state index in [1.54, 1.807) is 18.2 Å². The van der Waals surface area contributed by atoms with Gasteiger partial charge < -0.3 is 25.4 Å². The van der Waals surface area contributed by atoms with Gasteiger partial charge >= 0.3 is 5.69 Å². The van der Waals surface area contributed by atoms with E-state index in [1.807, 2.05) is 12.1 Å². The number of hydrogen-bond donors (Lipinski definition) is 3. The summed E-state index contributed by atoms with van der Waals surface area (Å²) in [5.41, 5.74) is 1.47. The number of halogens is 1. The fraction of sp³-hybridized carbons (Fsp3) is 0.579. The van der Waals surface area contributed by atoms with Gasteiger partial charge in [-0.2, -0.15) is 0 Å². The van der Waals surface area contributed by atoms with Crippen LogP contribution >= 0.6 is 0 Å². The van der Waals surface area contributed by atoms with E-state index in [9.17, 15) is 18.8 Å². The fourth-order valence-corrected chi connectivity index (χ4v) is 8.94. The van der Waals surface area contributed by atoms with E-state index >= 15 is 0 Å². The number of likely N-dealkylation sites (tertiary alicyclic amines) is 1. The predicted molar refractivity (Wildman–Crippen MR) is 192 cm³/mol. The number of nitrogens with zero attached hydrogens (tertiary/aromatic N) is 4. The van der Waals surface area contributed by atoms with E-state index in [4.69, 9.17) is 4.99 Å². The van der Waals surface area contributed by atoms with Gasteiger partial charge in [0.15, 0.2) is 11.7 Å². The van der Waals surface area contributed by atoms with E-state index in [0.29, 0.717) is 78.2 Å².